The Morgan fingerprint density at radius 3 is 2.38 bits per heavy atom. The molecule has 0 aliphatic carbocycles. The Balaban J connectivity index is 1.78. The molecule has 0 aliphatic rings. The molecule has 3 rings (SSSR count). The van der Waals surface area contributed by atoms with E-state index in [1.807, 2.05) is 6.07 Å². The second kappa shape index (κ2) is 11.9. The third kappa shape index (κ3) is 7.95. The molecule has 0 spiro atoms. The van der Waals surface area contributed by atoms with Crippen LogP contribution in [-0.2, 0) is 32.2 Å². The number of carboxylic acids is 1. The van der Waals surface area contributed by atoms with Gasteiger partial charge in [0.2, 0.25) is 0 Å². The second-order valence-corrected chi connectivity index (χ2v) is 9.03. The van der Waals surface area contributed by atoms with Gasteiger partial charge in [-0.1, -0.05) is 48.5 Å². The van der Waals surface area contributed by atoms with Crippen LogP contribution in [0.1, 0.15) is 43.1 Å². The molecule has 0 saturated heterocycles. The molecular formula is C25H27N5O7. The summed E-state index contributed by atoms with van der Waals surface area (Å²) in [4.78, 5) is 49.8. The molecule has 12 nitrogen and oxygen atoms in total. The van der Waals surface area contributed by atoms with Gasteiger partial charge in [0.25, 0.3) is 0 Å². The number of aromatic nitrogens is 4. The van der Waals surface area contributed by atoms with Gasteiger partial charge in [-0.2, -0.15) is 0 Å². The molecule has 0 radical (unpaired) electrons. The third-order valence-electron chi connectivity index (χ3n) is 4.92. The quantitative estimate of drug-likeness (QED) is 0.388. The zero-order valence-electron chi connectivity index (χ0n) is 20.6. The number of tetrazole rings is 1. The number of rotatable bonds is 10. The molecule has 1 aromatic heterocycles. The van der Waals surface area contributed by atoms with Crippen LogP contribution in [0.4, 0.5) is 4.79 Å². The number of nitrogens with zero attached hydrogens (tertiary/aromatic N) is 4. The van der Waals surface area contributed by atoms with E-state index in [1.165, 1.54) is 12.1 Å². The Kier molecular flexibility index (Phi) is 8.67. The largest absolute Gasteiger partial charge is 0.478 e. The van der Waals surface area contributed by atoms with Crippen LogP contribution in [-0.4, -0.2) is 60.8 Å². The van der Waals surface area contributed by atoms with Crippen LogP contribution in [0.5, 0.6) is 0 Å². The number of carboxylic acid groups (broad SMARTS) is 1. The van der Waals surface area contributed by atoms with E-state index in [0.717, 1.165) is 10.2 Å². The van der Waals surface area contributed by atoms with Gasteiger partial charge in [0, 0.05) is 5.56 Å². The Morgan fingerprint density at radius 1 is 1.03 bits per heavy atom. The molecule has 0 saturated carbocycles. The van der Waals surface area contributed by atoms with E-state index in [1.54, 1.807) is 57.2 Å². The fourth-order valence-electron chi connectivity index (χ4n) is 3.33. The van der Waals surface area contributed by atoms with Crippen LogP contribution in [0, 0.1) is 0 Å². The van der Waals surface area contributed by atoms with Crippen LogP contribution < -0.4 is 5.32 Å². The van der Waals surface area contributed by atoms with E-state index < -0.39 is 48.4 Å². The van der Waals surface area contributed by atoms with Crippen LogP contribution in [0.2, 0.25) is 0 Å². The molecule has 0 fully saturated rings. The van der Waals surface area contributed by atoms with Gasteiger partial charge in [-0.3, -0.25) is 9.59 Å². The summed E-state index contributed by atoms with van der Waals surface area (Å²) in [6.45, 7) is 4.54. The molecule has 1 unspecified atom stereocenters. The molecule has 37 heavy (non-hydrogen) atoms. The van der Waals surface area contributed by atoms with E-state index in [9.17, 15) is 24.3 Å². The summed E-state index contributed by atoms with van der Waals surface area (Å²) in [6, 6.07) is 13.7. The number of aromatic carboxylic acids is 1. The predicted molar refractivity (Wildman–Crippen MR) is 129 cm³/mol. The number of esters is 1. The minimum Gasteiger partial charge on any atom is -0.478 e. The number of nitrogens with one attached hydrogen (secondary N) is 1. The molecule has 12 heteroatoms. The Hall–Kier alpha value is -4.61. The van der Waals surface area contributed by atoms with Crippen molar-refractivity contribution in [2.24, 2.45) is 0 Å². The lowest BCUT2D eigenvalue weighted by molar-refractivity contribution is -0.156. The highest BCUT2D eigenvalue weighted by atomic mass is 16.6. The fraction of sp³-hybridized carbons (Fsp3) is 0.320. The summed E-state index contributed by atoms with van der Waals surface area (Å²) in [5.74, 6) is -2.48. The van der Waals surface area contributed by atoms with Gasteiger partial charge in [0.15, 0.2) is 11.6 Å². The minimum atomic E-state index is -1.31. The average molecular weight is 510 g/mol. The second-order valence-electron chi connectivity index (χ2n) is 9.03. The summed E-state index contributed by atoms with van der Waals surface area (Å²) in [7, 11) is 0. The molecule has 1 atom stereocenters. The zero-order valence-corrected chi connectivity index (χ0v) is 20.6. The lowest BCUT2D eigenvalue weighted by Crippen LogP contribution is -2.45. The standard InChI is InChI=1S/C25H27N5O7/c1-25(2,3)37-21(32)13-19(26-24(35)36-15-16-9-5-4-6-10-16)20(31)14-30-22(27-28-29-30)17-11-7-8-12-18(17)23(33)34/h4-12,19H,13-15H2,1-3H3,(H,26,35)(H,33,34). The van der Waals surface area contributed by atoms with Crippen LogP contribution >= 0.6 is 0 Å². The summed E-state index contributed by atoms with van der Waals surface area (Å²) in [5, 5.41) is 23.1. The predicted octanol–water partition coefficient (Wildman–Crippen LogP) is 2.63. The van der Waals surface area contributed by atoms with Gasteiger partial charge >= 0.3 is 18.0 Å². The van der Waals surface area contributed by atoms with Crippen molar-refractivity contribution in [1.82, 2.24) is 25.5 Å². The van der Waals surface area contributed by atoms with E-state index in [0.29, 0.717) is 0 Å². The monoisotopic (exact) mass is 509 g/mol. The van der Waals surface area contributed by atoms with E-state index >= 15 is 0 Å². The fourth-order valence-corrected chi connectivity index (χ4v) is 3.33. The highest BCUT2D eigenvalue weighted by Crippen LogP contribution is 2.21. The SMILES string of the molecule is CC(C)(C)OC(=O)CC(NC(=O)OCc1ccccc1)C(=O)Cn1nnnc1-c1ccccc1C(=O)O. The number of hydrogen-bond acceptors (Lipinski definition) is 9. The first-order chi connectivity index (χ1) is 17.5. The molecule has 2 N–H and O–H groups in total. The Morgan fingerprint density at radius 2 is 1.70 bits per heavy atom. The number of hydrogen-bond donors (Lipinski definition) is 2. The number of alkyl carbamates (subject to hydrolysis) is 1. The molecule has 0 aliphatic heterocycles. The lowest BCUT2D eigenvalue weighted by Gasteiger charge is -2.22. The van der Waals surface area contributed by atoms with Crippen molar-refractivity contribution in [2.45, 2.75) is 52.0 Å². The zero-order chi connectivity index (χ0) is 27.0. The van der Waals surface area contributed by atoms with Gasteiger partial charge < -0.3 is 19.9 Å². The molecule has 0 bridgehead atoms. The van der Waals surface area contributed by atoms with Crippen LogP contribution in [0.3, 0.4) is 0 Å². The van der Waals surface area contributed by atoms with Gasteiger partial charge in [-0.15, -0.1) is 5.10 Å². The highest BCUT2D eigenvalue weighted by molar-refractivity contribution is 5.95. The molecule has 3 aromatic rings. The number of ketones is 1. The highest BCUT2D eigenvalue weighted by Gasteiger charge is 2.29. The van der Waals surface area contributed by atoms with E-state index in [-0.39, 0.29) is 23.6 Å². The topological polar surface area (TPSA) is 163 Å². The maximum Gasteiger partial charge on any atom is 0.408 e. The molecule has 1 heterocycles. The Bertz CT molecular complexity index is 1270. The van der Waals surface area contributed by atoms with Crippen LogP contribution in [0.15, 0.2) is 54.6 Å². The average Bonchev–Trinajstić information content (AvgIpc) is 3.29. The Labute approximate surface area is 212 Å². The van der Waals surface area contributed by atoms with Crippen molar-refractivity contribution in [3.05, 3.63) is 65.7 Å². The number of Topliss-reactive ketones (excluding diaryl/α,β-unsaturated/α-hetero) is 1. The van der Waals surface area contributed by atoms with Gasteiger partial charge in [0.05, 0.1) is 12.0 Å². The van der Waals surface area contributed by atoms with Gasteiger partial charge in [-0.05, 0) is 42.8 Å². The summed E-state index contributed by atoms with van der Waals surface area (Å²) in [5.41, 5.74) is 0.0796. The summed E-state index contributed by atoms with van der Waals surface area (Å²) in [6.07, 6.45) is -1.36. The first-order valence-electron chi connectivity index (χ1n) is 11.3. The van der Waals surface area contributed by atoms with Gasteiger partial charge in [0.1, 0.15) is 24.8 Å². The van der Waals surface area contributed by atoms with Crippen molar-refractivity contribution < 1.29 is 33.8 Å². The number of amides is 1. The smallest absolute Gasteiger partial charge is 0.408 e. The van der Waals surface area contributed by atoms with Gasteiger partial charge in [-0.25, -0.2) is 14.3 Å². The van der Waals surface area contributed by atoms with E-state index in [2.05, 4.69) is 20.8 Å². The van der Waals surface area contributed by atoms with Crippen molar-refractivity contribution in [1.29, 1.82) is 0 Å². The summed E-state index contributed by atoms with van der Waals surface area (Å²) >= 11 is 0. The number of ether oxygens (including phenoxy) is 2. The number of benzene rings is 2. The normalized spacial score (nSPS) is 11.9. The summed E-state index contributed by atoms with van der Waals surface area (Å²) < 4.78 is 11.6. The first-order valence-corrected chi connectivity index (χ1v) is 11.3. The third-order valence-corrected chi connectivity index (χ3v) is 4.92. The van der Waals surface area contributed by atoms with Crippen molar-refractivity contribution in [2.75, 3.05) is 0 Å². The number of carbonyl (C=O) groups excluding carboxylic acids is 3. The molecule has 1 amide bonds. The molecule has 2 aromatic carbocycles. The van der Waals surface area contributed by atoms with Crippen molar-refractivity contribution >= 4 is 23.8 Å². The molecule has 194 valence electrons. The van der Waals surface area contributed by atoms with Crippen molar-refractivity contribution in [3.8, 4) is 11.4 Å². The maximum absolute atomic E-state index is 13.2. The number of carbonyl (C=O) groups is 4. The minimum absolute atomic E-state index is 0.0361. The maximum atomic E-state index is 13.2. The van der Waals surface area contributed by atoms with Crippen molar-refractivity contribution in [3.63, 3.8) is 0 Å². The lowest BCUT2D eigenvalue weighted by atomic mass is 10.1. The van der Waals surface area contributed by atoms with Crippen LogP contribution in [0.25, 0.3) is 11.4 Å². The van der Waals surface area contributed by atoms with E-state index in [4.69, 9.17) is 9.47 Å². The molecular weight excluding hydrogens is 482 g/mol. The first kappa shape index (κ1) is 27.0.